The quantitative estimate of drug-likeness (QED) is 0.486. The summed E-state index contributed by atoms with van der Waals surface area (Å²) >= 11 is 5.98. The highest BCUT2D eigenvalue weighted by Crippen LogP contribution is 2.32. The number of urea groups is 1. The average Bonchev–Trinajstić information content (AvgIpc) is 3.35. The second-order valence-corrected chi connectivity index (χ2v) is 9.73. The van der Waals surface area contributed by atoms with E-state index >= 15 is 0 Å². The lowest BCUT2D eigenvalue weighted by molar-refractivity contribution is -0.389. The van der Waals surface area contributed by atoms with E-state index in [1.165, 1.54) is 11.8 Å². The first-order chi connectivity index (χ1) is 16.3. The van der Waals surface area contributed by atoms with Crippen molar-refractivity contribution in [2.45, 2.75) is 25.5 Å². The van der Waals surface area contributed by atoms with Gasteiger partial charge in [-0.1, -0.05) is 29.8 Å². The van der Waals surface area contributed by atoms with Crippen molar-refractivity contribution in [2.24, 2.45) is 0 Å². The van der Waals surface area contributed by atoms with Crippen LogP contribution in [0, 0.1) is 10.1 Å². The van der Waals surface area contributed by atoms with Crippen LogP contribution in [0.1, 0.15) is 18.9 Å². The van der Waals surface area contributed by atoms with Gasteiger partial charge >= 0.3 is 17.9 Å². The van der Waals surface area contributed by atoms with E-state index in [0.29, 0.717) is 45.3 Å². The molecule has 4 heterocycles. The minimum absolute atomic E-state index is 0.0850. The lowest BCUT2D eigenvalue weighted by Gasteiger charge is -2.40. The molecule has 0 bridgehead atoms. The Balaban J connectivity index is 1.11. The summed E-state index contributed by atoms with van der Waals surface area (Å²) in [5, 5.41) is 11.6. The highest BCUT2D eigenvalue weighted by atomic mass is 35.5. The Kier molecular flexibility index (Phi) is 5.95. The van der Waals surface area contributed by atoms with Crippen LogP contribution in [-0.4, -0.2) is 86.6 Å². The lowest BCUT2D eigenvalue weighted by Crippen LogP contribution is -2.56. The number of piperazine rings is 1. The molecular formula is C23H27ClN6O4. The maximum Gasteiger partial charge on any atom is 0.415 e. The summed E-state index contributed by atoms with van der Waals surface area (Å²) in [6.07, 6.45) is 4.38. The summed E-state index contributed by atoms with van der Waals surface area (Å²) in [5.41, 5.74) is 1.91. The highest BCUT2D eigenvalue weighted by Gasteiger charge is 2.42. The van der Waals surface area contributed by atoms with Crippen LogP contribution in [0.15, 0.2) is 36.5 Å². The van der Waals surface area contributed by atoms with E-state index in [0.717, 1.165) is 30.1 Å². The number of aromatic nitrogens is 2. The zero-order valence-electron chi connectivity index (χ0n) is 19.0. The summed E-state index contributed by atoms with van der Waals surface area (Å²) in [5.74, 6) is -0.197. The number of imidazole rings is 1. The van der Waals surface area contributed by atoms with Crippen LogP contribution in [0.25, 0.3) is 5.57 Å². The van der Waals surface area contributed by atoms with E-state index in [-0.39, 0.29) is 11.8 Å². The van der Waals surface area contributed by atoms with Gasteiger partial charge in [-0.05, 0) is 41.5 Å². The second kappa shape index (κ2) is 8.92. The van der Waals surface area contributed by atoms with Gasteiger partial charge in [-0.15, -0.1) is 0 Å². The molecule has 0 radical (unpaired) electrons. The van der Waals surface area contributed by atoms with Crippen molar-refractivity contribution in [3.63, 3.8) is 0 Å². The minimum atomic E-state index is -0.515. The molecular weight excluding hydrogens is 460 g/mol. The summed E-state index contributed by atoms with van der Waals surface area (Å²) < 4.78 is 7.65. The maximum absolute atomic E-state index is 13.1. The molecule has 0 N–H and O–H groups in total. The molecule has 2 amide bonds. The zero-order valence-corrected chi connectivity index (χ0v) is 19.8. The molecule has 1 atom stereocenters. The van der Waals surface area contributed by atoms with E-state index in [9.17, 15) is 14.9 Å². The molecule has 0 aliphatic carbocycles. The number of fused-ring (bicyclic) bond motifs is 1. The van der Waals surface area contributed by atoms with Crippen LogP contribution < -0.4 is 4.74 Å². The molecule has 3 aliphatic rings. The van der Waals surface area contributed by atoms with E-state index in [4.69, 9.17) is 16.3 Å². The highest BCUT2D eigenvalue weighted by molar-refractivity contribution is 6.30. The number of nitro groups is 1. The van der Waals surface area contributed by atoms with E-state index in [1.807, 2.05) is 41.0 Å². The number of amides is 2. The molecule has 0 spiro atoms. The van der Waals surface area contributed by atoms with Gasteiger partial charge in [-0.3, -0.25) is 9.47 Å². The molecule has 10 nitrogen and oxygen atoms in total. The second-order valence-electron chi connectivity index (χ2n) is 9.30. The molecule has 5 rings (SSSR count). The number of carbonyl (C=O) groups is 1. The van der Waals surface area contributed by atoms with Gasteiger partial charge in [0, 0.05) is 55.8 Å². The van der Waals surface area contributed by atoms with Crippen LogP contribution in [0.5, 0.6) is 6.01 Å². The fourth-order valence-electron chi connectivity index (χ4n) is 4.90. The number of hydrogen-bond acceptors (Lipinski definition) is 6. The van der Waals surface area contributed by atoms with Crippen molar-refractivity contribution in [3.05, 3.63) is 57.2 Å². The normalized spacial score (nSPS) is 22.8. The fourth-order valence-corrected chi connectivity index (χ4v) is 5.03. The van der Waals surface area contributed by atoms with Crippen molar-refractivity contribution in [3.8, 4) is 6.01 Å². The third-order valence-corrected chi connectivity index (χ3v) is 6.90. The van der Waals surface area contributed by atoms with Crippen LogP contribution in [0.2, 0.25) is 5.02 Å². The predicted molar refractivity (Wildman–Crippen MR) is 127 cm³/mol. The summed E-state index contributed by atoms with van der Waals surface area (Å²) in [4.78, 5) is 33.5. The standard InChI is InChI=1S/C23H27ClN6O4/c1-23(16-29-14-20(30(32)33)25-21(29)34-23)15-26-10-12-28(13-11-26)22(31)27-8-6-18(7-9-27)17-2-4-19(24)5-3-17/h2-6,14H,7-13,15-16H2,1H3/t23-/m0/s1. The van der Waals surface area contributed by atoms with E-state index in [1.54, 1.807) is 4.57 Å². The molecule has 1 saturated heterocycles. The molecule has 11 heteroatoms. The van der Waals surface area contributed by atoms with Gasteiger partial charge in [-0.2, -0.15) is 0 Å². The third kappa shape index (κ3) is 4.60. The topological polar surface area (TPSA) is 97.0 Å². The first-order valence-electron chi connectivity index (χ1n) is 11.4. The van der Waals surface area contributed by atoms with Gasteiger partial charge in [0.05, 0.1) is 6.54 Å². The molecule has 1 aromatic carbocycles. The van der Waals surface area contributed by atoms with E-state index in [2.05, 4.69) is 16.0 Å². The zero-order chi connectivity index (χ0) is 23.9. The maximum atomic E-state index is 13.1. The molecule has 3 aliphatic heterocycles. The number of hydrogen-bond donors (Lipinski definition) is 0. The number of halogens is 1. The van der Waals surface area contributed by atoms with Crippen molar-refractivity contribution >= 4 is 29.0 Å². The molecule has 1 fully saturated rings. The van der Waals surface area contributed by atoms with Crippen LogP contribution in [0.3, 0.4) is 0 Å². The van der Waals surface area contributed by atoms with Crippen molar-refractivity contribution in [2.75, 3.05) is 45.8 Å². The largest absolute Gasteiger partial charge is 0.436 e. The van der Waals surface area contributed by atoms with Crippen molar-refractivity contribution in [1.29, 1.82) is 0 Å². The van der Waals surface area contributed by atoms with Gasteiger partial charge in [0.25, 0.3) is 0 Å². The van der Waals surface area contributed by atoms with Crippen LogP contribution >= 0.6 is 11.6 Å². The number of rotatable bonds is 4. The van der Waals surface area contributed by atoms with Crippen molar-refractivity contribution in [1.82, 2.24) is 24.3 Å². The molecule has 180 valence electrons. The summed E-state index contributed by atoms with van der Waals surface area (Å²) in [6.45, 7) is 7.33. The summed E-state index contributed by atoms with van der Waals surface area (Å²) in [7, 11) is 0. The lowest BCUT2D eigenvalue weighted by atomic mass is 10.00. The number of nitrogens with zero attached hydrogens (tertiary/aromatic N) is 6. The number of carbonyl (C=O) groups excluding carboxylic acids is 1. The molecule has 0 unspecified atom stereocenters. The Morgan fingerprint density at radius 3 is 2.53 bits per heavy atom. The molecule has 1 aromatic heterocycles. The van der Waals surface area contributed by atoms with Gasteiger partial charge in [-0.25, -0.2) is 4.79 Å². The Hall–Kier alpha value is -3.11. The smallest absolute Gasteiger partial charge is 0.415 e. The van der Waals surface area contributed by atoms with Crippen LogP contribution in [-0.2, 0) is 6.54 Å². The first kappa shape index (κ1) is 22.7. The van der Waals surface area contributed by atoms with Crippen molar-refractivity contribution < 1.29 is 14.5 Å². The molecule has 34 heavy (non-hydrogen) atoms. The summed E-state index contributed by atoms with van der Waals surface area (Å²) in [6, 6.07) is 8.20. The number of ether oxygens (including phenoxy) is 1. The number of benzene rings is 1. The van der Waals surface area contributed by atoms with Gasteiger partial charge in [0.15, 0.2) is 0 Å². The molecule has 2 aromatic rings. The van der Waals surface area contributed by atoms with Gasteiger partial charge < -0.3 is 24.7 Å². The Labute approximate surface area is 202 Å². The SMILES string of the molecule is C[C@]1(CN2CCN(C(=O)N3CC=C(c4ccc(Cl)cc4)CC3)CC2)Cn2cc([N+](=O)[O-])nc2O1. The predicted octanol–water partition coefficient (Wildman–Crippen LogP) is 3.12. The fraction of sp³-hybridized carbons (Fsp3) is 0.478. The monoisotopic (exact) mass is 486 g/mol. The third-order valence-electron chi connectivity index (χ3n) is 6.65. The first-order valence-corrected chi connectivity index (χ1v) is 11.8. The van der Waals surface area contributed by atoms with Gasteiger partial charge in [0.1, 0.15) is 11.8 Å². The Morgan fingerprint density at radius 1 is 1.18 bits per heavy atom. The molecule has 0 saturated carbocycles. The van der Waals surface area contributed by atoms with E-state index < -0.39 is 10.5 Å². The Bertz CT molecular complexity index is 1100. The van der Waals surface area contributed by atoms with Gasteiger partial charge in [0.2, 0.25) is 0 Å². The Morgan fingerprint density at radius 2 is 1.91 bits per heavy atom. The minimum Gasteiger partial charge on any atom is -0.436 e. The van der Waals surface area contributed by atoms with Crippen LogP contribution in [0.4, 0.5) is 10.6 Å². The average molecular weight is 487 g/mol.